The summed E-state index contributed by atoms with van der Waals surface area (Å²) >= 11 is 11.1. The second-order valence-electron chi connectivity index (χ2n) is 4.49. The van der Waals surface area contributed by atoms with Crippen LogP contribution in [0.4, 0.5) is 5.69 Å². The molecule has 0 saturated heterocycles. The van der Waals surface area contributed by atoms with E-state index in [1.54, 1.807) is 43.5 Å². The summed E-state index contributed by atoms with van der Waals surface area (Å²) in [5.74, 6) is 0.876. The molecular weight excluding hydrogens is 336 g/mol. The summed E-state index contributed by atoms with van der Waals surface area (Å²) in [5.41, 5.74) is 1.12. The molecule has 0 radical (unpaired) electrons. The van der Waals surface area contributed by atoms with Gasteiger partial charge in [-0.05, 0) is 54.7 Å². The molecule has 0 heterocycles. The van der Waals surface area contributed by atoms with Crippen molar-refractivity contribution < 1.29 is 14.3 Å². The van der Waals surface area contributed by atoms with Crippen LogP contribution in [0.3, 0.4) is 0 Å². The number of carbonyl (C=O) groups is 1. The zero-order valence-corrected chi connectivity index (χ0v) is 14.1. The summed E-state index contributed by atoms with van der Waals surface area (Å²) in [7, 11) is 3.10. The topological polar surface area (TPSA) is 59.6 Å². The Hall–Kier alpha value is -2.31. The molecule has 7 heteroatoms. The van der Waals surface area contributed by atoms with Gasteiger partial charge in [0.05, 0.1) is 19.2 Å². The van der Waals surface area contributed by atoms with Crippen molar-refractivity contribution in [1.29, 1.82) is 0 Å². The van der Waals surface area contributed by atoms with Crippen molar-refractivity contribution in [2.24, 2.45) is 0 Å². The number of anilines is 1. The Morgan fingerprint density at radius 1 is 1.09 bits per heavy atom. The van der Waals surface area contributed by atoms with Gasteiger partial charge < -0.3 is 14.8 Å². The molecule has 0 aliphatic heterocycles. The molecule has 0 unspecified atom stereocenters. The van der Waals surface area contributed by atoms with Crippen molar-refractivity contribution in [1.82, 2.24) is 5.32 Å². The molecule has 0 bridgehead atoms. The second kappa shape index (κ2) is 7.80. The van der Waals surface area contributed by atoms with Gasteiger partial charge in [-0.1, -0.05) is 11.6 Å². The van der Waals surface area contributed by atoms with E-state index < -0.39 is 0 Å². The van der Waals surface area contributed by atoms with E-state index in [0.717, 1.165) is 11.4 Å². The smallest absolute Gasteiger partial charge is 0.257 e. The molecular formula is C16H15ClN2O3S. The minimum Gasteiger partial charge on any atom is -0.497 e. The molecule has 5 nitrogen and oxygen atoms in total. The van der Waals surface area contributed by atoms with Crippen molar-refractivity contribution in [3.05, 3.63) is 53.1 Å². The number of ether oxygens (including phenoxy) is 2. The number of hydrogen-bond acceptors (Lipinski definition) is 4. The van der Waals surface area contributed by atoms with Crippen LogP contribution in [0.25, 0.3) is 0 Å². The maximum atomic E-state index is 12.1. The number of halogens is 1. The van der Waals surface area contributed by atoms with Crippen molar-refractivity contribution in [3.63, 3.8) is 0 Å². The lowest BCUT2D eigenvalue weighted by Gasteiger charge is -2.11. The summed E-state index contributed by atoms with van der Waals surface area (Å²) in [5, 5.41) is 6.05. The fraction of sp³-hybridized carbons (Fsp3) is 0.125. The second-order valence-corrected chi connectivity index (χ2v) is 5.30. The fourth-order valence-corrected chi connectivity index (χ4v) is 2.29. The largest absolute Gasteiger partial charge is 0.497 e. The first-order chi connectivity index (χ1) is 11.0. The Bertz CT molecular complexity index is 720. The molecule has 120 valence electrons. The zero-order valence-electron chi connectivity index (χ0n) is 12.6. The molecule has 2 N–H and O–H groups in total. The van der Waals surface area contributed by atoms with Crippen LogP contribution in [0.2, 0.25) is 5.02 Å². The van der Waals surface area contributed by atoms with Crippen LogP contribution in [0.15, 0.2) is 42.5 Å². The highest BCUT2D eigenvalue weighted by molar-refractivity contribution is 7.80. The fourth-order valence-electron chi connectivity index (χ4n) is 1.82. The van der Waals surface area contributed by atoms with Crippen molar-refractivity contribution in [2.75, 3.05) is 19.5 Å². The number of benzene rings is 2. The Kier molecular flexibility index (Phi) is 5.78. The average Bonchev–Trinajstić information content (AvgIpc) is 2.55. The first-order valence-electron chi connectivity index (χ1n) is 6.63. The standard InChI is InChI=1S/C16H15ClN2O3S/c1-21-12-6-4-11(5-7-12)18-16(23)19-15(20)10-3-8-14(22-2)13(17)9-10/h3-9H,1-2H3,(H2,18,19,20,23). The predicted molar refractivity (Wildman–Crippen MR) is 94.7 cm³/mol. The van der Waals surface area contributed by atoms with E-state index in [1.165, 1.54) is 13.2 Å². The third kappa shape index (κ3) is 4.58. The van der Waals surface area contributed by atoms with E-state index >= 15 is 0 Å². The van der Waals surface area contributed by atoms with Crippen LogP contribution in [-0.4, -0.2) is 25.2 Å². The number of rotatable bonds is 4. The van der Waals surface area contributed by atoms with Crippen LogP contribution < -0.4 is 20.1 Å². The number of hydrogen-bond donors (Lipinski definition) is 2. The maximum absolute atomic E-state index is 12.1. The number of nitrogens with one attached hydrogen (secondary N) is 2. The molecule has 0 saturated carbocycles. The lowest BCUT2D eigenvalue weighted by molar-refractivity contribution is 0.0977. The molecule has 2 aromatic carbocycles. The van der Waals surface area contributed by atoms with Crippen molar-refractivity contribution in [2.45, 2.75) is 0 Å². The highest BCUT2D eigenvalue weighted by Crippen LogP contribution is 2.24. The Labute approximate surface area is 144 Å². The highest BCUT2D eigenvalue weighted by atomic mass is 35.5. The molecule has 23 heavy (non-hydrogen) atoms. The molecule has 0 fully saturated rings. The van der Waals surface area contributed by atoms with Crippen molar-refractivity contribution in [3.8, 4) is 11.5 Å². The van der Waals surface area contributed by atoms with Gasteiger partial charge in [0.2, 0.25) is 0 Å². The summed E-state index contributed by atoms with van der Waals surface area (Å²) in [4.78, 5) is 12.1. The summed E-state index contributed by atoms with van der Waals surface area (Å²) in [6, 6.07) is 11.9. The first-order valence-corrected chi connectivity index (χ1v) is 7.42. The lowest BCUT2D eigenvalue weighted by atomic mass is 10.2. The van der Waals surface area contributed by atoms with Gasteiger partial charge in [0.25, 0.3) is 5.91 Å². The Balaban J connectivity index is 1.98. The number of carbonyl (C=O) groups excluding carboxylic acids is 1. The Morgan fingerprint density at radius 2 is 1.78 bits per heavy atom. The van der Waals surface area contributed by atoms with Crippen molar-refractivity contribution >= 4 is 40.5 Å². The normalized spacial score (nSPS) is 9.87. The van der Waals surface area contributed by atoms with Gasteiger partial charge in [-0.15, -0.1) is 0 Å². The predicted octanol–water partition coefficient (Wildman–Crippen LogP) is 3.48. The third-order valence-corrected chi connectivity index (χ3v) is 3.49. The van der Waals surface area contributed by atoms with E-state index in [1.807, 2.05) is 0 Å². The third-order valence-electron chi connectivity index (χ3n) is 2.99. The van der Waals surface area contributed by atoms with Gasteiger partial charge >= 0.3 is 0 Å². The molecule has 1 amide bonds. The Morgan fingerprint density at radius 3 is 2.35 bits per heavy atom. The van der Waals surface area contributed by atoms with Gasteiger partial charge in [0.1, 0.15) is 11.5 Å². The minimum absolute atomic E-state index is 0.187. The lowest BCUT2D eigenvalue weighted by Crippen LogP contribution is -2.34. The van der Waals surface area contributed by atoms with E-state index in [9.17, 15) is 4.79 Å². The minimum atomic E-state index is -0.361. The summed E-state index contributed by atoms with van der Waals surface area (Å²) in [6.45, 7) is 0. The van der Waals surface area contributed by atoms with Gasteiger partial charge in [0.15, 0.2) is 5.11 Å². The monoisotopic (exact) mass is 350 g/mol. The zero-order chi connectivity index (χ0) is 16.8. The SMILES string of the molecule is COc1ccc(NC(=S)NC(=O)c2ccc(OC)c(Cl)c2)cc1. The molecule has 0 spiro atoms. The molecule has 0 aliphatic carbocycles. The van der Waals surface area contributed by atoms with E-state index in [0.29, 0.717) is 16.3 Å². The molecule has 2 aromatic rings. The highest BCUT2D eigenvalue weighted by Gasteiger charge is 2.10. The number of methoxy groups -OCH3 is 2. The number of thiocarbonyl (C=S) groups is 1. The quantitative estimate of drug-likeness (QED) is 0.827. The van der Waals surface area contributed by atoms with E-state index in [4.69, 9.17) is 33.3 Å². The summed E-state index contributed by atoms with van der Waals surface area (Å²) in [6.07, 6.45) is 0. The van der Waals surface area contributed by atoms with Gasteiger partial charge in [0, 0.05) is 11.3 Å². The van der Waals surface area contributed by atoms with Crippen LogP contribution >= 0.6 is 23.8 Å². The summed E-state index contributed by atoms with van der Waals surface area (Å²) < 4.78 is 10.1. The van der Waals surface area contributed by atoms with E-state index in [2.05, 4.69) is 10.6 Å². The van der Waals surface area contributed by atoms with Crippen LogP contribution in [-0.2, 0) is 0 Å². The van der Waals surface area contributed by atoms with Crippen LogP contribution in [0, 0.1) is 0 Å². The van der Waals surface area contributed by atoms with Gasteiger partial charge in [-0.25, -0.2) is 0 Å². The molecule has 0 aliphatic rings. The van der Waals surface area contributed by atoms with Gasteiger partial charge in [-0.2, -0.15) is 0 Å². The van der Waals surface area contributed by atoms with Crippen LogP contribution in [0.5, 0.6) is 11.5 Å². The molecule has 2 rings (SSSR count). The average molecular weight is 351 g/mol. The van der Waals surface area contributed by atoms with Crippen LogP contribution in [0.1, 0.15) is 10.4 Å². The maximum Gasteiger partial charge on any atom is 0.257 e. The molecule has 0 atom stereocenters. The van der Waals surface area contributed by atoms with E-state index in [-0.39, 0.29) is 11.0 Å². The first kappa shape index (κ1) is 17.1. The molecule has 0 aromatic heterocycles. The number of amides is 1. The van der Waals surface area contributed by atoms with Gasteiger partial charge in [-0.3, -0.25) is 10.1 Å².